The molecule has 1 rings (SSSR count). The van der Waals surface area contributed by atoms with E-state index in [9.17, 15) is 9.59 Å². The lowest BCUT2D eigenvalue weighted by Crippen LogP contribution is -2.15. The highest BCUT2D eigenvalue weighted by Gasteiger charge is 2.31. The first-order valence-corrected chi connectivity index (χ1v) is 5.66. The molecule has 1 aromatic rings. The Labute approximate surface area is 113 Å². The molecular weight excluding hydrogens is 302 g/mol. The van der Waals surface area contributed by atoms with E-state index in [1.54, 1.807) is 6.07 Å². The maximum absolute atomic E-state index is 11.6. The van der Waals surface area contributed by atoms with Crippen LogP contribution in [0.3, 0.4) is 0 Å². The Hall–Kier alpha value is -1.87. The van der Waals surface area contributed by atoms with Gasteiger partial charge in [-0.25, -0.2) is 16.2 Å². The standard InChI is InChI=1S/C12H10BrNO4/c1-14-10(12(16)18-3)9-6-7(13)4-5-8(9)11(15)17-2/h4-6,10H,2-3H3. The number of nitrogens with zero attached hydrogens (tertiary/aromatic N) is 1. The summed E-state index contributed by atoms with van der Waals surface area (Å²) < 4.78 is 9.82. The van der Waals surface area contributed by atoms with Crippen LogP contribution in [0.15, 0.2) is 22.7 Å². The van der Waals surface area contributed by atoms with Gasteiger partial charge in [-0.15, -0.1) is 0 Å². The average molecular weight is 312 g/mol. The average Bonchev–Trinajstić information content (AvgIpc) is 2.38. The van der Waals surface area contributed by atoms with Gasteiger partial charge in [0.1, 0.15) is 0 Å². The van der Waals surface area contributed by atoms with Gasteiger partial charge in [0.15, 0.2) is 0 Å². The summed E-state index contributed by atoms with van der Waals surface area (Å²) in [6.07, 6.45) is 0. The maximum Gasteiger partial charge on any atom is 0.395 e. The lowest BCUT2D eigenvalue weighted by atomic mass is 10.0. The van der Waals surface area contributed by atoms with Crippen LogP contribution in [0.4, 0.5) is 0 Å². The van der Waals surface area contributed by atoms with Gasteiger partial charge in [-0.3, -0.25) is 4.85 Å². The summed E-state index contributed by atoms with van der Waals surface area (Å²) in [7, 11) is 2.43. The number of esters is 2. The van der Waals surface area contributed by atoms with Gasteiger partial charge in [0.05, 0.1) is 25.3 Å². The number of carbonyl (C=O) groups excluding carboxylic acids is 2. The van der Waals surface area contributed by atoms with Crippen LogP contribution in [0.5, 0.6) is 0 Å². The van der Waals surface area contributed by atoms with Crippen LogP contribution < -0.4 is 0 Å². The molecule has 1 atom stereocenters. The molecule has 0 N–H and O–H groups in total. The number of hydrogen-bond acceptors (Lipinski definition) is 4. The van der Waals surface area contributed by atoms with Crippen LogP contribution in [-0.4, -0.2) is 26.2 Å². The third-order valence-electron chi connectivity index (χ3n) is 2.27. The summed E-state index contributed by atoms with van der Waals surface area (Å²) >= 11 is 3.23. The highest BCUT2D eigenvalue weighted by Crippen LogP contribution is 2.27. The third-order valence-corrected chi connectivity index (χ3v) is 2.76. The van der Waals surface area contributed by atoms with Gasteiger partial charge in [-0.05, 0) is 18.2 Å². The van der Waals surface area contributed by atoms with Crippen LogP contribution in [0.2, 0.25) is 0 Å². The van der Waals surface area contributed by atoms with E-state index in [1.165, 1.54) is 26.4 Å². The van der Waals surface area contributed by atoms with Crippen molar-refractivity contribution in [2.75, 3.05) is 14.2 Å². The van der Waals surface area contributed by atoms with Gasteiger partial charge in [0.25, 0.3) is 0 Å². The first kappa shape index (κ1) is 14.2. The molecule has 94 valence electrons. The topological polar surface area (TPSA) is 57.0 Å². The molecule has 0 bridgehead atoms. The Kier molecular flexibility index (Phi) is 4.86. The van der Waals surface area contributed by atoms with Crippen molar-refractivity contribution in [1.29, 1.82) is 0 Å². The van der Waals surface area contributed by atoms with Crippen LogP contribution in [0.25, 0.3) is 4.85 Å². The molecule has 0 amide bonds. The van der Waals surface area contributed by atoms with E-state index >= 15 is 0 Å². The van der Waals surface area contributed by atoms with Crippen molar-refractivity contribution in [3.8, 4) is 0 Å². The van der Waals surface area contributed by atoms with Crippen molar-refractivity contribution in [3.63, 3.8) is 0 Å². The van der Waals surface area contributed by atoms with E-state index in [-0.39, 0.29) is 11.1 Å². The first-order chi connectivity index (χ1) is 8.54. The molecule has 0 aromatic heterocycles. The van der Waals surface area contributed by atoms with E-state index in [2.05, 4.69) is 30.2 Å². The van der Waals surface area contributed by atoms with Gasteiger partial charge in [-0.2, -0.15) is 0 Å². The van der Waals surface area contributed by atoms with Crippen molar-refractivity contribution < 1.29 is 19.1 Å². The van der Waals surface area contributed by atoms with E-state index in [0.29, 0.717) is 4.47 Å². The molecule has 0 aliphatic heterocycles. The molecule has 1 unspecified atom stereocenters. The molecule has 1 aromatic carbocycles. The highest BCUT2D eigenvalue weighted by atomic mass is 79.9. The molecule has 0 saturated carbocycles. The fourth-order valence-electron chi connectivity index (χ4n) is 1.42. The van der Waals surface area contributed by atoms with Crippen molar-refractivity contribution in [1.82, 2.24) is 0 Å². The second-order valence-electron chi connectivity index (χ2n) is 3.28. The highest BCUT2D eigenvalue weighted by molar-refractivity contribution is 9.10. The van der Waals surface area contributed by atoms with Crippen molar-refractivity contribution >= 4 is 27.9 Å². The van der Waals surface area contributed by atoms with E-state index in [4.69, 9.17) is 6.57 Å². The van der Waals surface area contributed by atoms with Crippen molar-refractivity contribution in [3.05, 3.63) is 45.2 Å². The fourth-order valence-corrected chi connectivity index (χ4v) is 1.80. The summed E-state index contributed by atoms with van der Waals surface area (Å²) in [6, 6.07) is 3.48. The normalized spacial score (nSPS) is 11.2. The minimum absolute atomic E-state index is 0.173. The quantitative estimate of drug-likeness (QED) is 0.635. The number of ether oxygens (including phenoxy) is 2. The minimum Gasteiger partial charge on any atom is -0.465 e. The summed E-state index contributed by atoms with van der Waals surface area (Å²) in [6.45, 7) is 7.05. The molecule has 0 saturated heterocycles. The van der Waals surface area contributed by atoms with Crippen LogP contribution in [-0.2, 0) is 14.3 Å². The fraction of sp³-hybridized carbons (Fsp3) is 0.250. The van der Waals surface area contributed by atoms with Gasteiger partial charge >= 0.3 is 18.0 Å². The predicted octanol–water partition coefficient (Wildman–Crippen LogP) is 2.37. The number of rotatable bonds is 3. The summed E-state index contributed by atoms with van der Waals surface area (Å²) in [5.74, 6) is -1.32. The van der Waals surface area contributed by atoms with Gasteiger partial charge in [0, 0.05) is 4.47 Å². The Balaban J connectivity index is 3.36. The lowest BCUT2D eigenvalue weighted by molar-refractivity contribution is -0.141. The van der Waals surface area contributed by atoms with E-state index in [1.807, 2.05) is 0 Å². The van der Waals surface area contributed by atoms with Crippen LogP contribution in [0, 0.1) is 6.57 Å². The zero-order valence-electron chi connectivity index (χ0n) is 9.77. The number of hydrogen-bond donors (Lipinski definition) is 0. The van der Waals surface area contributed by atoms with Gasteiger partial charge in [-0.1, -0.05) is 15.9 Å². The maximum atomic E-state index is 11.6. The predicted molar refractivity (Wildman–Crippen MR) is 66.8 cm³/mol. The molecule has 0 aliphatic rings. The molecule has 5 nitrogen and oxygen atoms in total. The minimum atomic E-state index is -1.18. The second kappa shape index (κ2) is 6.17. The largest absolute Gasteiger partial charge is 0.465 e. The van der Waals surface area contributed by atoms with Crippen LogP contribution >= 0.6 is 15.9 Å². The number of carbonyl (C=O) groups is 2. The Bertz CT molecular complexity index is 521. The zero-order chi connectivity index (χ0) is 13.7. The number of benzene rings is 1. The second-order valence-corrected chi connectivity index (χ2v) is 4.19. The molecule has 0 heterocycles. The van der Waals surface area contributed by atoms with E-state index in [0.717, 1.165) is 0 Å². The van der Waals surface area contributed by atoms with Crippen molar-refractivity contribution in [2.45, 2.75) is 6.04 Å². The Morgan fingerprint density at radius 1 is 1.33 bits per heavy atom. The molecule has 18 heavy (non-hydrogen) atoms. The monoisotopic (exact) mass is 311 g/mol. The van der Waals surface area contributed by atoms with Gasteiger partial charge < -0.3 is 9.47 Å². The summed E-state index contributed by atoms with van der Waals surface area (Å²) in [5, 5.41) is 0. The SMILES string of the molecule is [C-]#[N+]C(C(=O)OC)c1cc(Br)ccc1C(=O)OC. The van der Waals surface area contributed by atoms with Gasteiger partial charge in [0.2, 0.25) is 0 Å². The molecule has 6 heteroatoms. The van der Waals surface area contributed by atoms with Crippen molar-refractivity contribution in [2.24, 2.45) is 0 Å². The third kappa shape index (κ3) is 2.87. The van der Waals surface area contributed by atoms with E-state index < -0.39 is 18.0 Å². The summed E-state index contributed by atoms with van der Waals surface area (Å²) in [5.41, 5.74) is 0.435. The number of methoxy groups -OCH3 is 2. The zero-order valence-corrected chi connectivity index (χ0v) is 11.4. The molecule has 0 fully saturated rings. The summed E-state index contributed by atoms with van der Waals surface area (Å²) in [4.78, 5) is 26.3. The Morgan fingerprint density at radius 3 is 2.50 bits per heavy atom. The lowest BCUT2D eigenvalue weighted by Gasteiger charge is -2.09. The molecule has 0 aliphatic carbocycles. The van der Waals surface area contributed by atoms with Crippen LogP contribution in [0.1, 0.15) is 22.0 Å². The molecule has 0 radical (unpaired) electrons. The molecule has 0 spiro atoms. The Morgan fingerprint density at radius 2 is 2.00 bits per heavy atom. The molecular formula is C12H10BrNO4. The smallest absolute Gasteiger partial charge is 0.395 e. The number of halogens is 1. The first-order valence-electron chi connectivity index (χ1n) is 4.87.